The molecule has 274 valence electrons. The summed E-state index contributed by atoms with van der Waals surface area (Å²) in [7, 11) is 2.53. The van der Waals surface area contributed by atoms with Crippen molar-refractivity contribution in [1.29, 1.82) is 0 Å². The summed E-state index contributed by atoms with van der Waals surface area (Å²) in [4.78, 5) is 47.9. The summed E-state index contributed by atoms with van der Waals surface area (Å²) >= 11 is 0. The van der Waals surface area contributed by atoms with E-state index in [-0.39, 0.29) is 24.3 Å². The Hall–Kier alpha value is -6.36. The number of carbonyl (C=O) groups is 2. The molecule has 0 N–H and O–H groups in total. The number of fused-ring (bicyclic) bond motifs is 2. The van der Waals surface area contributed by atoms with Gasteiger partial charge in [0.2, 0.25) is 0 Å². The number of nitrogens with zero attached hydrogens (tertiary/aromatic N) is 4. The Morgan fingerprint density at radius 3 is 1.21 bits per heavy atom. The molecular weight excluding hydrogens is 737 g/mol. The van der Waals surface area contributed by atoms with Gasteiger partial charge in [-0.2, -0.15) is 0 Å². The van der Waals surface area contributed by atoms with Gasteiger partial charge in [-0.15, -0.1) is 0 Å². The highest BCUT2D eigenvalue weighted by Crippen LogP contribution is 2.42. The summed E-state index contributed by atoms with van der Waals surface area (Å²) in [5.74, 6) is -1.02. The normalized spacial score (nSPS) is 11.1. The van der Waals surface area contributed by atoms with Crippen LogP contribution in [0.5, 0.6) is 0 Å². The smallest absolute Gasteiger partial charge is 0.342 e. The number of rotatable bonds is 11. The molecule has 0 unspecified atom stereocenters. The average molecular weight is 771 g/mol. The van der Waals surface area contributed by atoms with Crippen LogP contribution in [0.15, 0.2) is 156 Å². The van der Waals surface area contributed by atoms with E-state index >= 15 is 0 Å². The average Bonchev–Trinajstić information content (AvgIpc) is 3.25. The summed E-state index contributed by atoms with van der Waals surface area (Å²) in [6, 6.07) is 47.0. The largest absolute Gasteiger partial charge is 0.462 e. The molecule has 2 heterocycles. The van der Waals surface area contributed by atoms with E-state index in [1.165, 1.54) is 21.6 Å². The summed E-state index contributed by atoms with van der Waals surface area (Å²) in [5.41, 5.74) is 5.41. The van der Waals surface area contributed by atoms with Crippen LogP contribution < -0.4 is 0 Å². The number of benzene rings is 6. The van der Waals surface area contributed by atoms with Crippen LogP contribution in [-0.2, 0) is 9.47 Å². The molecule has 56 heavy (non-hydrogen) atoms. The lowest BCUT2D eigenvalue weighted by atomic mass is 9.96. The van der Waals surface area contributed by atoms with E-state index in [2.05, 4.69) is 0 Å². The maximum absolute atomic E-state index is 13.9. The lowest BCUT2D eigenvalue weighted by molar-refractivity contribution is 0.0517. The maximum atomic E-state index is 13.9. The van der Waals surface area contributed by atoms with Gasteiger partial charge in [0, 0.05) is 22.3 Å². The van der Waals surface area contributed by atoms with Crippen molar-refractivity contribution in [3.8, 4) is 45.0 Å². The highest BCUT2D eigenvalue weighted by atomic mass is 33.1. The molecule has 0 aliphatic carbocycles. The minimum absolute atomic E-state index is 0.191. The predicted molar refractivity (Wildman–Crippen MR) is 224 cm³/mol. The Bertz CT molecular complexity index is 2530. The van der Waals surface area contributed by atoms with Gasteiger partial charge in [0.15, 0.2) is 10.3 Å². The van der Waals surface area contributed by atoms with Gasteiger partial charge in [0.05, 0.1) is 36.0 Å². The molecule has 0 amide bonds. The van der Waals surface area contributed by atoms with Crippen LogP contribution in [0, 0.1) is 0 Å². The summed E-state index contributed by atoms with van der Waals surface area (Å²) in [6.07, 6.45) is 0. The number of carbonyl (C=O) groups excluding carboxylic acids is 2. The van der Waals surface area contributed by atoms with Crippen molar-refractivity contribution in [2.24, 2.45) is 0 Å². The van der Waals surface area contributed by atoms with Crippen LogP contribution in [-0.4, -0.2) is 45.1 Å². The zero-order valence-electron chi connectivity index (χ0n) is 30.5. The third-order valence-electron chi connectivity index (χ3n) is 9.11. The maximum Gasteiger partial charge on any atom is 0.342 e. The molecule has 6 aromatic carbocycles. The van der Waals surface area contributed by atoms with Gasteiger partial charge in [0.25, 0.3) is 0 Å². The summed E-state index contributed by atoms with van der Waals surface area (Å²) in [5, 5.41) is 4.66. The number of ether oxygens (including phenoxy) is 2. The Morgan fingerprint density at radius 2 is 0.804 bits per heavy atom. The van der Waals surface area contributed by atoms with E-state index in [1.807, 2.05) is 146 Å². The van der Waals surface area contributed by atoms with Gasteiger partial charge in [-0.1, -0.05) is 146 Å². The first-order chi connectivity index (χ1) is 27.5. The zero-order chi connectivity index (χ0) is 38.4. The fraction of sp³-hybridized carbons (Fsp3) is 0.0870. The molecule has 0 radical (unpaired) electrons. The second kappa shape index (κ2) is 16.6. The molecule has 8 rings (SSSR count). The van der Waals surface area contributed by atoms with Gasteiger partial charge >= 0.3 is 11.9 Å². The van der Waals surface area contributed by atoms with Crippen LogP contribution in [0.4, 0.5) is 0 Å². The van der Waals surface area contributed by atoms with E-state index in [9.17, 15) is 9.59 Å². The van der Waals surface area contributed by atoms with Crippen LogP contribution in [0.25, 0.3) is 66.6 Å². The second-order valence-corrected chi connectivity index (χ2v) is 14.6. The first-order valence-electron chi connectivity index (χ1n) is 18.1. The van der Waals surface area contributed by atoms with Crippen molar-refractivity contribution in [3.05, 3.63) is 157 Å². The lowest BCUT2D eigenvalue weighted by Gasteiger charge is -2.17. The van der Waals surface area contributed by atoms with Gasteiger partial charge in [-0.05, 0) is 57.0 Å². The molecule has 8 aromatic rings. The molecular formula is C46H34N4O4S2. The fourth-order valence-electron chi connectivity index (χ4n) is 6.69. The van der Waals surface area contributed by atoms with Crippen molar-refractivity contribution in [2.45, 2.75) is 24.2 Å². The second-order valence-electron chi connectivity index (χ2n) is 12.5. The van der Waals surface area contributed by atoms with E-state index in [0.29, 0.717) is 33.1 Å². The fourth-order valence-corrected chi connectivity index (χ4v) is 8.24. The number of esters is 2. The minimum Gasteiger partial charge on any atom is -0.462 e. The first kappa shape index (κ1) is 36.6. The standard InChI is InChI=1S/C46H34N4O4S2/c1-3-53-43(51)37-39(31-19-7-5-8-20-31)47-45(49-41(37)35-27-15-23-29-17-11-13-25-33(29)35)55-56-46-48-40(32-21-9-6-10-22-32)38(44(52)54-4-2)42(50-46)36-28-16-24-30-18-12-14-26-34(30)36/h5-28H,3-4H2,1-2H3. The molecule has 0 saturated carbocycles. The van der Waals surface area contributed by atoms with Crippen LogP contribution in [0.1, 0.15) is 34.6 Å². The van der Waals surface area contributed by atoms with Crippen LogP contribution in [0.2, 0.25) is 0 Å². The molecule has 0 fully saturated rings. The molecule has 0 aliphatic rings. The molecule has 0 spiro atoms. The van der Waals surface area contributed by atoms with Crippen molar-refractivity contribution in [3.63, 3.8) is 0 Å². The molecule has 0 aliphatic heterocycles. The molecule has 8 nitrogen and oxygen atoms in total. The van der Waals surface area contributed by atoms with Crippen LogP contribution in [0.3, 0.4) is 0 Å². The molecule has 0 bridgehead atoms. The Balaban J connectivity index is 1.32. The Morgan fingerprint density at radius 1 is 0.446 bits per heavy atom. The third-order valence-corrected chi connectivity index (χ3v) is 11.0. The van der Waals surface area contributed by atoms with Crippen molar-refractivity contribution < 1.29 is 19.1 Å². The topological polar surface area (TPSA) is 104 Å². The number of hydrogen-bond acceptors (Lipinski definition) is 10. The highest BCUT2D eigenvalue weighted by molar-refractivity contribution is 8.76. The Labute approximate surface area is 331 Å². The van der Waals surface area contributed by atoms with Crippen molar-refractivity contribution >= 4 is 55.1 Å². The number of aromatic nitrogens is 4. The van der Waals surface area contributed by atoms with E-state index < -0.39 is 11.9 Å². The molecule has 10 heteroatoms. The lowest BCUT2D eigenvalue weighted by Crippen LogP contribution is -2.12. The van der Waals surface area contributed by atoms with Crippen molar-refractivity contribution in [2.75, 3.05) is 13.2 Å². The summed E-state index contributed by atoms with van der Waals surface area (Å²) in [6.45, 7) is 3.94. The third kappa shape index (κ3) is 7.36. The number of hydrogen-bond donors (Lipinski definition) is 0. The predicted octanol–water partition coefficient (Wildman–Crippen LogP) is 11.4. The van der Waals surface area contributed by atoms with Gasteiger partial charge in [-0.3, -0.25) is 0 Å². The monoisotopic (exact) mass is 770 g/mol. The van der Waals surface area contributed by atoms with E-state index in [0.717, 1.165) is 43.8 Å². The SMILES string of the molecule is CCOC(=O)c1c(-c2ccccc2)nc(SSc2nc(-c3ccccc3)c(C(=O)OCC)c(-c3cccc4ccccc34)n2)nc1-c1cccc2ccccc12. The van der Waals surface area contributed by atoms with E-state index in [4.69, 9.17) is 29.4 Å². The Kier molecular flexibility index (Phi) is 10.8. The van der Waals surface area contributed by atoms with Gasteiger partial charge < -0.3 is 9.47 Å². The van der Waals surface area contributed by atoms with Gasteiger partial charge in [0.1, 0.15) is 11.1 Å². The minimum atomic E-state index is -0.511. The van der Waals surface area contributed by atoms with Gasteiger partial charge in [-0.25, -0.2) is 29.5 Å². The summed E-state index contributed by atoms with van der Waals surface area (Å²) < 4.78 is 11.3. The first-order valence-corrected chi connectivity index (χ1v) is 20.3. The molecule has 2 aromatic heterocycles. The quantitative estimate of drug-likeness (QED) is 0.0717. The van der Waals surface area contributed by atoms with E-state index in [1.54, 1.807) is 13.8 Å². The molecule has 0 saturated heterocycles. The van der Waals surface area contributed by atoms with Crippen molar-refractivity contribution in [1.82, 2.24) is 19.9 Å². The molecule has 0 atom stereocenters. The highest BCUT2D eigenvalue weighted by Gasteiger charge is 2.28. The zero-order valence-corrected chi connectivity index (χ0v) is 32.1. The van der Waals surface area contributed by atoms with Crippen LogP contribution >= 0.6 is 21.6 Å².